The lowest BCUT2D eigenvalue weighted by molar-refractivity contribution is -0.114. The predicted octanol–water partition coefficient (Wildman–Crippen LogP) is 3.36. The molecule has 1 fully saturated rings. The first-order chi connectivity index (χ1) is 17.4. The Labute approximate surface area is 212 Å². The number of hydrogen-bond donors (Lipinski definition) is 4. The number of nitrogens with zero attached hydrogens (tertiary/aromatic N) is 3. The van der Waals surface area contributed by atoms with Crippen molar-refractivity contribution in [2.24, 2.45) is 5.73 Å². The lowest BCUT2D eigenvalue weighted by Gasteiger charge is -2.39. The van der Waals surface area contributed by atoms with Crippen LogP contribution < -0.4 is 26.4 Å². The van der Waals surface area contributed by atoms with Gasteiger partial charge in [0.25, 0.3) is 11.7 Å². The number of aromatic nitrogens is 2. The van der Waals surface area contributed by atoms with Crippen molar-refractivity contribution in [2.45, 2.75) is 6.04 Å². The number of para-hydroxylation sites is 1. The number of Topliss-reactive ketones (excluding diaryl/α,β-unsaturated/α-hetero) is 1. The molecular weight excluding hydrogens is 489 g/mol. The molecule has 10 nitrogen and oxygen atoms in total. The van der Waals surface area contributed by atoms with Gasteiger partial charge in [-0.15, -0.1) is 0 Å². The van der Waals surface area contributed by atoms with Gasteiger partial charge in [-0.1, -0.05) is 23.7 Å². The molecule has 3 aromatic rings. The molecular formula is C24H25ClFN7O3. The van der Waals surface area contributed by atoms with Crippen LogP contribution in [-0.2, 0) is 4.79 Å². The molecule has 0 saturated carbocycles. The standard InChI is InChI=1S/C24H25ClFN7O3/c1-36-20-10-14(29-15-12-33(13-15)9-8-26)6-7-19(20)31-24-28-11-17(25)23(32-24)30-18-5-3-2-4-16(18)21(34)22(27)35/h2-7,10-11,15,29H,8-9,12-13H2,1H3,(H2,27,35)(H2,28,30,31,32). The van der Waals surface area contributed by atoms with Crippen LogP contribution in [0, 0.1) is 0 Å². The first kappa shape index (κ1) is 25.1. The number of nitrogens with two attached hydrogens (primary N) is 1. The number of alkyl halides is 1. The van der Waals surface area contributed by atoms with E-state index in [9.17, 15) is 14.0 Å². The number of halogens is 2. The Bertz CT molecular complexity index is 1270. The number of ether oxygens (including phenoxy) is 1. The molecule has 12 heteroatoms. The monoisotopic (exact) mass is 513 g/mol. The number of benzene rings is 2. The van der Waals surface area contributed by atoms with Crippen molar-refractivity contribution >= 4 is 52.1 Å². The van der Waals surface area contributed by atoms with Crippen molar-refractivity contribution < 1.29 is 18.7 Å². The predicted molar refractivity (Wildman–Crippen MR) is 136 cm³/mol. The second kappa shape index (κ2) is 11.2. The van der Waals surface area contributed by atoms with Gasteiger partial charge in [-0.3, -0.25) is 14.5 Å². The number of ketones is 1. The van der Waals surface area contributed by atoms with Crippen LogP contribution >= 0.6 is 11.6 Å². The third-order valence-electron chi connectivity index (χ3n) is 5.57. The Morgan fingerprint density at radius 1 is 1.19 bits per heavy atom. The molecule has 188 valence electrons. The van der Waals surface area contributed by atoms with E-state index in [4.69, 9.17) is 22.1 Å². The number of primary amides is 1. The molecule has 1 aromatic heterocycles. The summed E-state index contributed by atoms with van der Waals surface area (Å²) in [7, 11) is 1.55. The van der Waals surface area contributed by atoms with Crippen molar-refractivity contribution in [2.75, 3.05) is 49.4 Å². The first-order valence-electron chi connectivity index (χ1n) is 11.1. The van der Waals surface area contributed by atoms with Crippen molar-refractivity contribution in [1.82, 2.24) is 14.9 Å². The van der Waals surface area contributed by atoms with Gasteiger partial charge in [0.15, 0.2) is 5.82 Å². The summed E-state index contributed by atoms with van der Waals surface area (Å²) in [4.78, 5) is 34.2. The highest BCUT2D eigenvalue weighted by Gasteiger charge is 2.26. The fraction of sp³-hybridized carbons (Fsp3) is 0.250. The molecule has 0 aliphatic carbocycles. The minimum atomic E-state index is -1.07. The highest BCUT2D eigenvalue weighted by atomic mass is 35.5. The molecule has 36 heavy (non-hydrogen) atoms. The molecule has 1 aliphatic heterocycles. The third kappa shape index (κ3) is 5.81. The number of rotatable bonds is 11. The van der Waals surface area contributed by atoms with E-state index in [0.29, 0.717) is 23.7 Å². The minimum Gasteiger partial charge on any atom is -0.494 e. The SMILES string of the molecule is COc1cc(NC2CN(CCF)C2)ccc1Nc1ncc(Cl)c(Nc2ccccc2C(=O)C(N)=O)n1. The van der Waals surface area contributed by atoms with Crippen LogP contribution in [0.25, 0.3) is 0 Å². The first-order valence-corrected chi connectivity index (χ1v) is 11.5. The van der Waals surface area contributed by atoms with E-state index in [-0.39, 0.29) is 35.1 Å². The van der Waals surface area contributed by atoms with E-state index in [1.165, 1.54) is 12.3 Å². The number of carbonyl (C=O) groups excluding carboxylic acids is 2. The molecule has 1 aliphatic rings. The fourth-order valence-electron chi connectivity index (χ4n) is 3.77. The number of hydrogen-bond acceptors (Lipinski definition) is 9. The van der Waals surface area contributed by atoms with Crippen molar-refractivity contribution in [3.63, 3.8) is 0 Å². The summed E-state index contributed by atoms with van der Waals surface area (Å²) in [6.45, 7) is 1.68. The van der Waals surface area contributed by atoms with Crippen molar-refractivity contribution in [3.8, 4) is 5.75 Å². The van der Waals surface area contributed by atoms with E-state index in [1.54, 1.807) is 25.3 Å². The molecule has 0 radical (unpaired) electrons. The molecule has 0 atom stereocenters. The van der Waals surface area contributed by atoms with Gasteiger partial charge in [0.05, 0.1) is 36.3 Å². The summed E-state index contributed by atoms with van der Waals surface area (Å²) >= 11 is 6.27. The third-order valence-corrected chi connectivity index (χ3v) is 5.85. The van der Waals surface area contributed by atoms with E-state index in [2.05, 4.69) is 25.9 Å². The van der Waals surface area contributed by atoms with Crippen molar-refractivity contribution in [1.29, 1.82) is 0 Å². The molecule has 4 rings (SSSR count). The molecule has 2 aromatic carbocycles. The van der Waals surface area contributed by atoms with Gasteiger partial charge < -0.3 is 26.4 Å². The number of amides is 1. The quantitative estimate of drug-likeness (QED) is 0.225. The van der Waals surface area contributed by atoms with Gasteiger partial charge in [-0.05, 0) is 24.3 Å². The second-order valence-electron chi connectivity index (χ2n) is 8.08. The summed E-state index contributed by atoms with van der Waals surface area (Å²) < 4.78 is 18.0. The number of likely N-dealkylation sites (tertiary alicyclic amines) is 1. The van der Waals surface area contributed by atoms with Crippen LogP contribution in [0.4, 0.5) is 33.2 Å². The minimum absolute atomic E-state index is 0.0956. The summed E-state index contributed by atoms with van der Waals surface area (Å²) in [5, 5.41) is 9.68. The average molecular weight is 514 g/mol. The molecule has 0 bridgehead atoms. The maximum absolute atomic E-state index is 12.4. The zero-order chi connectivity index (χ0) is 25.7. The average Bonchev–Trinajstić information content (AvgIpc) is 2.85. The molecule has 1 amide bonds. The van der Waals surface area contributed by atoms with E-state index in [1.807, 2.05) is 23.1 Å². The molecule has 5 N–H and O–H groups in total. The van der Waals surface area contributed by atoms with Crippen LogP contribution in [0.3, 0.4) is 0 Å². The second-order valence-corrected chi connectivity index (χ2v) is 8.49. The normalized spacial score (nSPS) is 13.5. The molecule has 2 heterocycles. The lowest BCUT2D eigenvalue weighted by atomic mass is 10.1. The van der Waals surface area contributed by atoms with Gasteiger partial charge in [0, 0.05) is 31.4 Å². The van der Waals surface area contributed by atoms with E-state index >= 15 is 0 Å². The van der Waals surface area contributed by atoms with Crippen LogP contribution in [0.2, 0.25) is 5.02 Å². The fourth-order valence-corrected chi connectivity index (χ4v) is 3.91. The van der Waals surface area contributed by atoms with Gasteiger partial charge >= 0.3 is 0 Å². The number of methoxy groups -OCH3 is 1. The van der Waals surface area contributed by atoms with E-state index < -0.39 is 11.7 Å². The Morgan fingerprint density at radius 3 is 2.69 bits per heavy atom. The van der Waals surface area contributed by atoms with Crippen LogP contribution in [0.1, 0.15) is 10.4 Å². The Hall–Kier alpha value is -3.96. The zero-order valence-corrected chi connectivity index (χ0v) is 20.2. The molecule has 0 unspecified atom stereocenters. The van der Waals surface area contributed by atoms with Gasteiger partial charge in [-0.25, -0.2) is 9.37 Å². The Morgan fingerprint density at radius 2 is 1.97 bits per heavy atom. The maximum Gasteiger partial charge on any atom is 0.289 e. The topological polar surface area (TPSA) is 134 Å². The lowest BCUT2D eigenvalue weighted by Crippen LogP contribution is -2.55. The van der Waals surface area contributed by atoms with Gasteiger partial charge in [0.1, 0.15) is 17.4 Å². The maximum atomic E-state index is 12.4. The highest BCUT2D eigenvalue weighted by molar-refractivity contribution is 6.43. The van der Waals surface area contributed by atoms with Gasteiger partial charge in [0.2, 0.25) is 5.95 Å². The smallest absolute Gasteiger partial charge is 0.289 e. The summed E-state index contributed by atoms with van der Waals surface area (Å²) in [5.74, 6) is -0.901. The number of nitrogens with one attached hydrogen (secondary N) is 3. The van der Waals surface area contributed by atoms with Crippen molar-refractivity contribution in [3.05, 3.63) is 59.2 Å². The largest absolute Gasteiger partial charge is 0.494 e. The summed E-state index contributed by atoms with van der Waals surface area (Å²) in [5.41, 5.74) is 7.06. The Kier molecular flexibility index (Phi) is 7.81. The summed E-state index contributed by atoms with van der Waals surface area (Å²) in [6.07, 6.45) is 1.40. The van der Waals surface area contributed by atoms with Crippen LogP contribution in [0.5, 0.6) is 5.75 Å². The number of anilines is 5. The van der Waals surface area contributed by atoms with Gasteiger partial charge in [-0.2, -0.15) is 4.98 Å². The Balaban J connectivity index is 1.49. The van der Waals surface area contributed by atoms with Crippen LogP contribution in [-0.4, -0.2) is 66.0 Å². The highest BCUT2D eigenvalue weighted by Crippen LogP contribution is 2.32. The van der Waals surface area contributed by atoms with Crippen LogP contribution in [0.15, 0.2) is 48.7 Å². The summed E-state index contributed by atoms with van der Waals surface area (Å²) in [6, 6.07) is 12.2. The molecule has 0 spiro atoms. The zero-order valence-electron chi connectivity index (χ0n) is 19.4. The molecule has 1 saturated heterocycles. The van der Waals surface area contributed by atoms with E-state index in [0.717, 1.165) is 18.8 Å². The number of carbonyl (C=O) groups is 2.